The van der Waals surface area contributed by atoms with Gasteiger partial charge < -0.3 is 4.74 Å². The molecular weight excluding hydrogens is 316 g/mol. The normalized spacial score (nSPS) is 10.3. The summed E-state index contributed by atoms with van der Waals surface area (Å²) in [5.74, 6) is 1.02. The lowest BCUT2D eigenvalue weighted by Crippen LogP contribution is -2.03. The summed E-state index contributed by atoms with van der Waals surface area (Å²) < 4.78 is 6.62. The number of hydrogen-bond acceptors (Lipinski definition) is 2. The molecule has 0 fully saturated rings. The van der Waals surface area contributed by atoms with Gasteiger partial charge in [-0.15, -0.1) is 0 Å². The molecule has 0 N–H and O–H groups in total. The van der Waals surface area contributed by atoms with Crippen molar-refractivity contribution in [1.82, 2.24) is 0 Å². The van der Waals surface area contributed by atoms with E-state index in [1.54, 1.807) is 0 Å². The number of aryl methyl sites for hydroxylation is 1. The highest BCUT2D eigenvalue weighted by atomic mass is 79.9. The zero-order chi connectivity index (χ0) is 14.4. The van der Waals surface area contributed by atoms with E-state index >= 15 is 0 Å². The molecule has 104 valence electrons. The molecule has 0 aliphatic carbocycles. The topological polar surface area (TPSA) is 26.3 Å². The van der Waals surface area contributed by atoms with Crippen molar-refractivity contribution in [2.75, 3.05) is 6.61 Å². The predicted octanol–water partition coefficient (Wildman–Crippen LogP) is 4.80. The van der Waals surface area contributed by atoms with Crippen LogP contribution in [0.25, 0.3) is 0 Å². The van der Waals surface area contributed by atoms with Crippen LogP contribution in [0.4, 0.5) is 0 Å². The molecule has 0 unspecified atom stereocenters. The van der Waals surface area contributed by atoms with Crippen LogP contribution in [0.2, 0.25) is 0 Å². The Labute approximate surface area is 127 Å². The molecule has 2 aromatic rings. The maximum Gasteiger partial charge on any atom is 0.163 e. The summed E-state index contributed by atoms with van der Waals surface area (Å²) in [4.78, 5) is 12.0. The molecule has 0 saturated heterocycles. The Morgan fingerprint density at radius 1 is 1.15 bits per heavy atom. The Kier molecular flexibility index (Phi) is 5.36. The van der Waals surface area contributed by atoms with Gasteiger partial charge in [0.15, 0.2) is 5.78 Å². The number of rotatable bonds is 6. The van der Waals surface area contributed by atoms with Crippen molar-refractivity contribution in [1.29, 1.82) is 0 Å². The fourth-order valence-corrected chi connectivity index (χ4v) is 2.17. The van der Waals surface area contributed by atoms with E-state index in [4.69, 9.17) is 4.74 Å². The molecule has 0 spiro atoms. The third-order valence-electron chi connectivity index (χ3n) is 2.97. The second-order valence-corrected chi connectivity index (χ2v) is 5.61. The van der Waals surface area contributed by atoms with Crippen molar-refractivity contribution in [2.24, 2.45) is 0 Å². The van der Waals surface area contributed by atoms with Gasteiger partial charge in [-0.1, -0.05) is 40.2 Å². The minimum Gasteiger partial charge on any atom is -0.494 e. The molecule has 2 aromatic carbocycles. The molecule has 0 heterocycles. The van der Waals surface area contributed by atoms with Gasteiger partial charge in [-0.3, -0.25) is 4.79 Å². The van der Waals surface area contributed by atoms with Crippen LogP contribution < -0.4 is 4.74 Å². The van der Waals surface area contributed by atoms with E-state index < -0.39 is 0 Å². The fraction of sp³-hybridized carbons (Fsp3) is 0.235. The van der Waals surface area contributed by atoms with Gasteiger partial charge in [0.1, 0.15) is 5.75 Å². The highest BCUT2D eigenvalue weighted by Gasteiger charge is 2.05. The monoisotopic (exact) mass is 332 g/mol. The fourth-order valence-electron chi connectivity index (χ4n) is 1.91. The molecule has 2 rings (SSSR count). The largest absolute Gasteiger partial charge is 0.494 e. The van der Waals surface area contributed by atoms with Crippen LogP contribution in [0.15, 0.2) is 53.0 Å². The molecule has 0 atom stereocenters. The van der Waals surface area contributed by atoms with Crippen LogP contribution in [0.3, 0.4) is 0 Å². The number of Topliss-reactive ketones (excluding diaryl/α,β-unsaturated/α-hetero) is 1. The summed E-state index contributed by atoms with van der Waals surface area (Å²) in [6.45, 7) is 2.59. The van der Waals surface area contributed by atoms with Crippen molar-refractivity contribution >= 4 is 21.7 Å². The quantitative estimate of drug-likeness (QED) is 0.561. The average Bonchev–Trinajstić information content (AvgIpc) is 2.44. The van der Waals surface area contributed by atoms with Crippen LogP contribution in [0.5, 0.6) is 5.75 Å². The first-order valence-corrected chi connectivity index (χ1v) is 7.43. The van der Waals surface area contributed by atoms with Crippen LogP contribution in [-0.4, -0.2) is 12.4 Å². The summed E-state index contributed by atoms with van der Waals surface area (Å²) in [6, 6.07) is 15.4. The lowest BCUT2D eigenvalue weighted by molar-refractivity contribution is 0.0973. The maximum absolute atomic E-state index is 12.0. The van der Waals surface area contributed by atoms with Crippen molar-refractivity contribution in [2.45, 2.75) is 19.8 Å². The van der Waals surface area contributed by atoms with E-state index in [0.717, 1.165) is 22.2 Å². The standard InChI is InChI=1S/C17H17BrO2/c1-13-4-2-5-16(12-13)20-11-3-6-17(19)14-7-9-15(18)10-8-14/h2,4-5,7-10,12H,3,6,11H2,1H3. The third kappa shape index (κ3) is 4.49. The van der Waals surface area contributed by atoms with Gasteiger partial charge in [0.05, 0.1) is 6.61 Å². The maximum atomic E-state index is 12.0. The zero-order valence-electron chi connectivity index (χ0n) is 11.4. The van der Waals surface area contributed by atoms with E-state index in [1.165, 1.54) is 5.56 Å². The molecule has 0 aromatic heterocycles. The number of ether oxygens (including phenoxy) is 1. The van der Waals surface area contributed by atoms with Crippen molar-refractivity contribution in [3.05, 3.63) is 64.1 Å². The molecular formula is C17H17BrO2. The van der Waals surface area contributed by atoms with Crippen LogP contribution in [-0.2, 0) is 0 Å². The molecule has 20 heavy (non-hydrogen) atoms. The lowest BCUT2D eigenvalue weighted by atomic mass is 10.1. The number of benzene rings is 2. The smallest absolute Gasteiger partial charge is 0.163 e. The van der Waals surface area contributed by atoms with E-state index in [9.17, 15) is 4.79 Å². The number of carbonyl (C=O) groups excluding carboxylic acids is 1. The molecule has 0 amide bonds. The van der Waals surface area contributed by atoms with Crippen molar-refractivity contribution in [3.8, 4) is 5.75 Å². The van der Waals surface area contributed by atoms with E-state index in [2.05, 4.69) is 15.9 Å². The summed E-state index contributed by atoms with van der Waals surface area (Å²) in [5, 5.41) is 0. The first-order chi connectivity index (χ1) is 9.65. The Balaban J connectivity index is 1.76. The molecule has 0 saturated carbocycles. The van der Waals surface area contributed by atoms with Gasteiger partial charge in [-0.2, -0.15) is 0 Å². The number of hydrogen-bond donors (Lipinski definition) is 0. The minimum atomic E-state index is 0.158. The Morgan fingerprint density at radius 3 is 2.60 bits per heavy atom. The minimum absolute atomic E-state index is 0.158. The van der Waals surface area contributed by atoms with Crippen LogP contribution >= 0.6 is 15.9 Å². The second-order valence-electron chi connectivity index (χ2n) is 4.70. The number of carbonyl (C=O) groups is 1. The molecule has 3 heteroatoms. The Morgan fingerprint density at radius 2 is 1.90 bits per heavy atom. The molecule has 0 aliphatic heterocycles. The summed E-state index contributed by atoms with van der Waals surface area (Å²) >= 11 is 3.36. The van der Waals surface area contributed by atoms with E-state index in [0.29, 0.717) is 13.0 Å². The summed E-state index contributed by atoms with van der Waals surface area (Å²) in [6.07, 6.45) is 1.23. The summed E-state index contributed by atoms with van der Waals surface area (Å²) in [5.41, 5.74) is 1.93. The average molecular weight is 333 g/mol. The van der Waals surface area contributed by atoms with Crippen LogP contribution in [0.1, 0.15) is 28.8 Å². The van der Waals surface area contributed by atoms with E-state index in [1.807, 2.05) is 55.5 Å². The van der Waals surface area contributed by atoms with Gasteiger partial charge in [0, 0.05) is 16.5 Å². The molecule has 2 nitrogen and oxygen atoms in total. The first kappa shape index (κ1) is 14.8. The first-order valence-electron chi connectivity index (χ1n) is 6.63. The van der Waals surface area contributed by atoms with Gasteiger partial charge >= 0.3 is 0 Å². The van der Waals surface area contributed by atoms with Gasteiger partial charge in [-0.05, 0) is 43.2 Å². The zero-order valence-corrected chi connectivity index (χ0v) is 13.0. The number of ketones is 1. The molecule has 0 aliphatic rings. The van der Waals surface area contributed by atoms with Gasteiger partial charge in [0.25, 0.3) is 0 Å². The predicted molar refractivity (Wildman–Crippen MR) is 84.4 cm³/mol. The van der Waals surface area contributed by atoms with E-state index in [-0.39, 0.29) is 5.78 Å². The van der Waals surface area contributed by atoms with Crippen molar-refractivity contribution < 1.29 is 9.53 Å². The molecule has 0 bridgehead atoms. The summed E-state index contributed by atoms with van der Waals surface area (Å²) in [7, 11) is 0. The van der Waals surface area contributed by atoms with Gasteiger partial charge in [0.2, 0.25) is 0 Å². The van der Waals surface area contributed by atoms with Gasteiger partial charge in [-0.25, -0.2) is 0 Å². The molecule has 0 radical (unpaired) electrons. The van der Waals surface area contributed by atoms with Crippen molar-refractivity contribution in [3.63, 3.8) is 0 Å². The van der Waals surface area contributed by atoms with Crippen LogP contribution in [0, 0.1) is 6.92 Å². The Bertz CT molecular complexity index is 576. The highest BCUT2D eigenvalue weighted by Crippen LogP contribution is 2.14. The second kappa shape index (κ2) is 7.25. The number of halogens is 1. The lowest BCUT2D eigenvalue weighted by Gasteiger charge is -2.06. The SMILES string of the molecule is Cc1cccc(OCCCC(=O)c2ccc(Br)cc2)c1. The third-order valence-corrected chi connectivity index (χ3v) is 3.50. The highest BCUT2D eigenvalue weighted by molar-refractivity contribution is 9.10. The Hall–Kier alpha value is -1.61.